The maximum Gasteiger partial charge on any atom is 0.407 e. The zero-order valence-corrected chi connectivity index (χ0v) is 26.1. The van der Waals surface area contributed by atoms with Crippen molar-refractivity contribution in [2.45, 2.75) is 26.4 Å². The number of alkyl carbamates (subject to hydrolysis) is 1. The third-order valence-corrected chi connectivity index (χ3v) is 7.27. The fraction of sp³-hybridized carbons (Fsp3) is 0.552. The number of hydrogen-bond acceptors (Lipinski definition) is 11. The van der Waals surface area contributed by atoms with Gasteiger partial charge in [0.1, 0.15) is 5.60 Å². The van der Waals surface area contributed by atoms with Crippen LogP contribution in [0.2, 0.25) is 0 Å². The lowest BCUT2D eigenvalue weighted by atomic mass is 10.2. The molecule has 16 nitrogen and oxygen atoms in total. The number of non-ortho nitro benzene ring substituents is 2. The summed E-state index contributed by atoms with van der Waals surface area (Å²) in [5.41, 5.74) is 9.97. The molecule has 2 saturated heterocycles. The van der Waals surface area contributed by atoms with Gasteiger partial charge in [-0.25, -0.2) is 4.79 Å². The predicted molar refractivity (Wildman–Crippen MR) is 172 cm³/mol. The molecule has 0 aliphatic carbocycles. The third-order valence-electron chi connectivity index (χ3n) is 7.27. The summed E-state index contributed by atoms with van der Waals surface area (Å²) in [4.78, 5) is 43.8. The molecule has 2 heterocycles. The molecule has 16 heteroatoms. The number of rotatable bonds is 10. The molecule has 0 spiro atoms. The van der Waals surface area contributed by atoms with Gasteiger partial charge in [-0.2, -0.15) is 0 Å². The van der Waals surface area contributed by atoms with E-state index in [1.807, 2.05) is 20.8 Å². The van der Waals surface area contributed by atoms with E-state index < -0.39 is 16.6 Å². The number of nitro groups is 2. The number of anilines is 2. The van der Waals surface area contributed by atoms with Crippen molar-refractivity contribution < 1.29 is 19.4 Å². The molecule has 1 N–H and O–H groups in total. The second-order valence-electron chi connectivity index (χ2n) is 11.6. The number of hydrogen-bond donors (Lipinski definition) is 1. The van der Waals surface area contributed by atoms with Gasteiger partial charge in [0, 0.05) is 119 Å². The molecule has 244 valence electrons. The first-order chi connectivity index (χ1) is 21.4. The number of azide groups is 1. The normalized spacial score (nSPS) is 15.7. The van der Waals surface area contributed by atoms with Gasteiger partial charge in [-0.15, -0.1) is 0 Å². The molecule has 0 aromatic heterocycles. The lowest BCUT2D eigenvalue weighted by molar-refractivity contribution is -0.385. The monoisotopic (exact) mass is 626 g/mol. The number of carbonyl (C=O) groups excluding carboxylic acids is 1. The van der Waals surface area contributed by atoms with Crippen LogP contribution in [0.1, 0.15) is 20.8 Å². The first-order valence-electron chi connectivity index (χ1n) is 14.9. The van der Waals surface area contributed by atoms with Crippen molar-refractivity contribution in [2.75, 3.05) is 88.3 Å². The quantitative estimate of drug-likeness (QED) is 0.131. The average molecular weight is 627 g/mol. The Bertz CT molecular complexity index is 1300. The van der Waals surface area contributed by atoms with Gasteiger partial charge in [0.2, 0.25) is 0 Å². The minimum Gasteiger partial charge on any atom is -0.444 e. The third kappa shape index (κ3) is 12.1. The molecule has 4 rings (SSSR count). The average Bonchev–Trinajstić information content (AvgIpc) is 3.01. The fourth-order valence-corrected chi connectivity index (χ4v) is 4.89. The van der Waals surface area contributed by atoms with Crippen LogP contribution in [-0.2, 0) is 4.74 Å². The van der Waals surface area contributed by atoms with Crippen molar-refractivity contribution >= 4 is 28.8 Å². The number of nitrogens with one attached hydrogen (secondary N) is 1. The van der Waals surface area contributed by atoms with Crippen molar-refractivity contribution in [2.24, 2.45) is 5.11 Å². The van der Waals surface area contributed by atoms with Crippen LogP contribution >= 0.6 is 0 Å². The summed E-state index contributed by atoms with van der Waals surface area (Å²) in [6, 6.07) is 13.3. The van der Waals surface area contributed by atoms with E-state index in [-0.39, 0.29) is 16.3 Å². The Morgan fingerprint density at radius 3 is 1.62 bits per heavy atom. The second kappa shape index (κ2) is 17.0. The molecule has 0 radical (unpaired) electrons. The van der Waals surface area contributed by atoms with E-state index >= 15 is 0 Å². The summed E-state index contributed by atoms with van der Waals surface area (Å²) in [6.45, 7) is 15.1. The Kier molecular flexibility index (Phi) is 13.1. The largest absolute Gasteiger partial charge is 0.444 e. The summed E-state index contributed by atoms with van der Waals surface area (Å²) in [6.07, 6.45) is -0.392. The fourth-order valence-electron chi connectivity index (χ4n) is 4.89. The maximum absolute atomic E-state index is 11.6. The van der Waals surface area contributed by atoms with Crippen LogP contribution in [0.4, 0.5) is 27.5 Å². The van der Waals surface area contributed by atoms with Gasteiger partial charge in [0.15, 0.2) is 0 Å². The molecule has 0 bridgehead atoms. The first-order valence-corrected chi connectivity index (χ1v) is 14.9. The van der Waals surface area contributed by atoms with Crippen molar-refractivity contribution in [1.29, 1.82) is 0 Å². The van der Waals surface area contributed by atoms with Gasteiger partial charge in [-0.1, -0.05) is 5.11 Å². The van der Waals surface area contributed by atoms with Crippen LogP contribution in [0.5, 0.6) is 0 Å². The number of piperazine rings is 2. The molecule has 2 aliphatic rings. The maximum atomic E-state index is 11.6. The van der Waals surface area contributed by atoms with Crippen molar-refractivity contribution in [3.05, 3.63) is 79.2 Å². The van der Waals surface area contributed by atoms with Crippen LogP contribution in [0, 0.1) is 20.2 Å². The standard InChI is InChI=1S/C17H26N4O4.C12H16N6O2/c1-17(2,3)25-16(22)18-8-9-19-10-12-20(13-11-19)14-4-6-15(7-5-14)21(23)24;13-15-14-5-6-16-7-9-17(10-8-16)11-1-3-12(4-2-11)18(19)20/h4-7H,8-13H2,1-3H3,(H,18,22);1-4H,5-10H2. The van der Waals surface area contributed by atoms with E-state index in [2.05, 4.69) is 34.9 Å². The summed E-state index contributed by atoms with van der Waals surface area (Å²) in [7, 11) is 0. The molecule has 2 aromatic rings. The predicted octanol–water partition coefficient (Wildman–Crippen LogP) is 4.27. The SMILES string of the molecule is CC(C)(C)OC(=O)NCCN1CCN(c2ccc([N+](=O)[O-])cc2)CC1.[N-]=[N+]=NCCN1CCN(c2ccc([N+](=O)[O-])cc2)CC1. The van der Waals surface area contributed by atoms with Gasteiger partial charge in [-0.3, -0.25) is 30.0 Å². The summed E-state index contributed by atoms with van der Waals surface area (Å²) >= 11 is 0. The van der Waals surface area contributed by atoms with Gasteiger partial charge in [-0.05, 0) is 50.6 Å². The Hall–Kier alpha value is -4.66. The number of amides is 1. The molecule has 1 amide bonds. The Morgan fingerprint density at radius 2 is 1.24 bits per heavy atom. The number of nitro benzene ring substituents is 2. The van der Waals surface area contributed by atoms with E-state index in [1.165, 1.54) is 24.3 Å². The molecule has 0 atom stereocenters. The van der Waals surface area contributed by atoms with Crippen LogP contribution in [0.25, 0.3) is 10.4 Å². The minimum absolute atomic E-state index is 0.107. The molecular weight excluding hydrogens is 584 g/mol. The van der Waals surface area contributed by atoms with Crippen LogP contribution < -0.4 is 15.1 Å². The smallest absolute Gasteiger partial charge is 0.407 e. The van der Waals surface area contributed by atoms with Crippen molar-refractivity contribution in [3.8, 4) is 0 Å². The second-order valence-corrected chi connectivity index (χ2v) is 11.6. The Balaban J connectivity index is 0.000000251. The van der Waals surface area contributed by atoms with Crippen molar-refractivity contribution in [3.63, 3.8) is 0 Å². The highest BCUT2D eigenvalue weighted by Gasteiger charge is 2.20. The van der Waals surface area contributed by atoms with Gasteiger partial charge in [0.25, 0.3) is 11.4 Å². The lowest BCUT2D eigenvalue weighted by Crippen LogP contribution is -2.48. The highest BCUT2D eigenvalue weighted by molar-refractivity contribution is 5.67. The first kappa shape index (κ1) is 34.8. The number of carbonyl (C=O) groups is 1. The van der Waals surface area contributed by atoms with Crippen molar-refractivity contribution in [1.82, 2.24) is 15.1 Å². The molecule has 0 unspecified atom stereocenters. The zero-order chi connectivity index (χ0) is 32.8. The van der Waals surface area contributed by atoms with Gasteiger partial charge >= 0.3 is 6.09 Å². The molecule has 45 heavy (non-hydrogen) atoms. The van der Waals surface area contributed by atoms with E-state index in [0.29, 0.717) is 13.1 Å². The van der Waals surface area contributed by atoms with E-state index in [4.69, 9.17) is 10.3 Å². The summed E-state index contributed by atoms with van der Waals surface area (Å²) < 4.78 is 5.20. The van der Waals surface area contributed by atoms with E-state index in [0.717, 1.165) is 76.8 Å². The summed E-state index contributed by atoms with van der Waals surface area (Å²) in [5.74, 6) is 0. The molecule has 0 saturated carbocycles. The zero-order valence-electron chi connectivity index (χ0n) is 26.1. The van der Waals surface area contributed by atoms with Gasteiger partial charge < -0.3 is 19.9 Å². The molecule has 2 aliphatic heterocycles. The number of nitrogens with zero attached hydrogens (tertiary/aromatic N) is 9. The topological polar surface area (TPSA) is 186 Å². The number of ether oxygens (including phenoxy) is 1. The van der Waals surface area contributed by atoms with Gasteiger partial charge in [0.05, 0.1) is 9.85 Å². The van der Waals surface area contributed by atoms with Crippen LogP contribution in [-0.4, -0.2) is 110 Å². The highest BCUT2D eigenvalue weighted by Crippen LogP contribution is 2.22. The molecular formula is C29H42N10O6. The number of benzene rings is 2. The molecule has 2 aromatic carbocycles. The Labute approximate surface area is 262 Å². The van der Waals surface area contributed by atoms with E-state index in [1.54, 1.807) is 24.3 Å². The summed E-state index contributed by atoms with van der Waals surface area (Å²) in [5, 5.41) is 27.6. The van der Waals surface area contributed by atoms with E-state index in [9.17, 15) is 25.0 Å². The lowest BCUT2D eigenvalue weighted by Gasteiger charge is -2.36. The minimum atomic E-state index is -0.486. The Morgan fingerprint density at radius 1 is 0.822 bits per heavy atom. The van der Waals surface area contributed by atoms with Crippen LogP contribution in [0.15, 0.2) is 53.6 Å². The highest BCUT2D eigenvalue weighted by atomic mass is 16.6. The molecule has 2 fully saturated rings. The van der Waals surface area contributed by atoms with Crippen LogP contribution in [0.3, 0.4) is 0 Å².